The molecule has 1 atom stereocenters. The number of ether oxygens (including phenoxy) is 2. The van der Waals surface area contributed by atoms with Crippen molar-refractivity contribution in [2.75, 3.05) is 25.7 Å². The molecule has 0 aliphatic carbocycles. The van der Waals surface area contributed by atoms with Crippen LogP contribution in [0.25, 0.3) is 0 Å². The molecule has 1 unspecified atom stereocenters. The predicted octanol–water partition coefficient (Wildman–Crippen LogP) is 4.86. The summed E-state index contributed by atoms with van der Waals surface area (Å²) < 4.78 is 10.9. The van der Waals surface area contributed by atoms with Crippen molar-refractivity contribution in [2.45, 2.75) is 12.5 Å². The lowest BCUT2D eigenvalue weighted by molar-refractivity contribution is 0.413. The van der Waals surface area contributed by atoms with Gasteiger partial charge in [-0.2, -0.15) is 0 Å². The SMILES string of the molecule is COc1ccc(C#CC2c3ccccc3CCN2c2ccccc2OC)cc1. The zero-order chi connectivity index (χ0) is 19.3. The number of para-hydroxylation sites is 2. The fraction of sp³-hybridized carbons (Fsp3) is 0.200. The Morgan fingerprint density at radius 3 is 2.39 bits per heavy atom. The summed E-state index contributed by atoms with van der Waals surface area (Å²) in [5.41, 5.74) is 4.68. The van der Waals surface area contributed by atoms with Crippen molar-refractivity contribution in [1.82, 2.24) is 0 Å². The van der Waals surface area contributed by atoms with Gasteiger partial charge >= 0.3 is 0 Å². The Kier molecular flexibility index (Phi) is 5.21. The third-order valence-corrected chi connectivity index (χ3v) is 5.12. The topological polar surface area (TPSA) is 21.7 Å². The van der Waals surface area contributed by atoms with Gasteiger partial charge in [0.15, 0.2) is 0 Å². The normalized spacial score (nSPS) is 15.2. The minimum atomic E-state index is -0.0247. The van der Waals surface area contributed by atoms with E-state index in [1.54, 1.807) is 14.2 Å². The molecule has 0 amide bonds. The average Bonchev–Trinajstić information content (AvgIpc) is 2.77. The lowest BCUT2D eigenvalue weighted by Gasteiger charge is -2.36. The van der Waals surface area contributed by atoms with Crippen LogP contribution < -0.4 is 14.4 Å². The minimum absolute atomic E-state index is 0.0247. The molecule has 0 fully saturated rings. The maximum absolute atomic E-state index is 5.62. The third-order valence-electron chi connectivity index (χ3n) is 5.12. The van der Waals surface area contributed by atoms with Crippen LogP contribution in [0.1, 0.15) is 22.7 Å². The molecule has 3 aromatic rings. The number of fused-ring (bicyclic) bond motifs is 1. The van der Waals surface area contributed by atoms with Gasteiger partial charge in [-0.3, -0.25) is 0 Å². The molecule has 1 aliphatic rings. The molecule has 140 valence electrons. The number of rotatable bonds is 3. The molecule has 0 spiro atoms. The molecule has 0 radical (unpaired) electrons. The van der Waals surface area contributed by atoms with E-state index in [4.69, 9.17) is 9.47 Å². The standard InChI is InChI=1S/C25H23NO2/c1-27-21-14-11-19(12-15-21)13-16-23-22-8-4-3-7-20(22)17-18-26(23)24-9-5-6-10-25(24)28-2/h3-12,14-15,23H,17-18H2,1-2H3. The van der Waals surface area contributed by atoms with Gasteiger partial charge in [0.05, 0.1) is 19.9 Å². The summed E-state index contributed by atoms with van der Waals surface area (Å²) in [7, 11) is 3.39. The van der Waals surface area contributed by atoms with Gasteiger partial charge in [-0.05, 0) is 53.9 Å². The van der Waals surface area contributed by atoms with Crippen LogP contribution >= 0.6 is 0 Å². The van der Waals surface area contributed by atoms with E-state index in [-0.39, 0.29) is 6.04 Å². The maximum Gasteiger partial charge on any atom is 0.142 e. The number of benzene rings is 3. The predicted molar refractivity (Wildman–Crippen MR) is 113 cm³/mol. The van der Waals surface area contributed by atoms with Gasteiger partial charge in [0.25, 0.3) is 0 Å². The van der Waals surface area contributed by atoms with Crippen LogP contribution in [-0.2, 0) is 6.42 Å². The van der Waals surface area contributed by atoms with Gasteiger partial charge in [0.1, 0.15) is 17.5 Å². The highest BCUT2D eigenvalue weighted by molar-refractivity contribution is 5.63. The maximum atomic E-state index is 5.62. The number of anilines is 1. The van der Waals surface area contributed by atoms with Crippen molar-refractivity contribution in [3.63, 3.8) is 0 Å². The summed E-state index contributed by atoms with van der Waals surface area (Å²) in [5, 5.41) is 0. The molecule has 4 rings (SSSR count). The Morgan fingerprint density at radius 2 is 1.61 bits per heavy atom. The van der Waals surface area contributed by atoms with E-state index in [2.05, 4.69) is 47.1 Å². The Balaban J connectivity index is 1.76. The molecular formula is C25H23NO2. The molecule has 0 N–H and O–H groups in total. The Labute approximate surface area is 166 Å². The second kappa shape index (κ2) is 8.10. The molecule has 0 saturated carbocycles. The molecule has 28 heavy (non-hydrogen) atoms. The third kappa shape index (κ3) is 3.54. The van der Waals surface area contributed by atoms with E-state index in [9.17, 15) is 0 Å². The van der Waals surface area contributed by atoms with Gasteiger partial charge in [-0.25, -0.2) is 0 Å². The smallest absolute Gasteiger partial charge is 0.142 e. The number of nitrogens with zero attached hydrogens (tertiary/aromatic N) is 1. The van der Waals surface area contributed by atoms with Gasteiger partial charge in [-0.1, -0.05) is 48.2 Å². The van der Waals surface area contributed by atoms with E-state index in [0.717, 1.165) is 35.7 Å². The molecule has 0 bridgehead atoms. The van der Waals surface area contributed by atoms with Gasteiger partial charge in [0.2, 0.25) is 0 Å². The quantitative estimate of drug-likeness (QED) is 0.616. The van der Waals surface area contributed by atoms with Gasteiger partial charge in [-0.15, -0.1) is 0 Å². The van der Waals surface area contributed by atoms with Gasteiger partial charge in [0, 0.05) is 12.1 Å². The van der Waals surface area contributed by atoms with E-state index < -0.39 is 0 Å². The Hall–Kier alpha value is -3.38. The monoisotopic (exact) mass is 369 g/mol. The van der Waals surface area contributed by atoms with Crippen LogP contribution in [0.3, 0.4) is 0 Å². The lowest BCUT2D eigenvalue weighted by Crippen LogP contribution is -2.35. The zero-order valence-electron chi connectivity index (χ0n) is 16.2. The summed E-state index contributed by atoms with van der Waals surface area (Å²) in [6, 6.07) is 24.6. The molecule has 1 heterocycles. The molecule has 3 nitrogen and oxygen atoms in total. The van der Waals surface area contributed by atoms with Crippen molar-refractivity contribution in [3.05, 3.63) is 89.5 Å². The zero-order valence-corrected chi connectivity index (χ0v) is 16.2. The van der Waals surface area contributed by atoms with E-state index in [1.165, 1.54) is 11.1 Å². The summed E-state index contributed by atoms with van der Waals surface area (Å²) in [4.78, 5) is 2.34. The van der Waals surface area contributed by atoms with Gasteiger partial charge < -0.3 is 14.4 Å². The highest BCUT2D eigenvalue weighted by atomic mass is 16.5. The van der Waals surface area contributed by atoms with Crippen molar-refractivity contribution in [2.24, 2.45) is 0 Å². The first-order valence-electron chi connectivity index (χ1n) is 9.43. The number of methoxy groups -OCH3 is 2. The van der Waals surface area contributed by atoms with E-state index in [1.807, 2.05) is 42.5 Å². The minimum Gasteiger partial charge on any atom is -0.497 e. The molecule has 0 saturated heterocycles. The van der Waals surface area contributed by atoms with Crippen LogP contribution in [0, 0.1) is 11.8 Å². The fourth-order valence-electron chi connectivity index (χ4n) is 3.67. The molecular weight excluding hydrogens is 346 g/mol. The number of hydrogen-bond donors (Lipinski definition) is 0. The Bertz CT molecular complexity index is 1010. The fourth-order valence-corrected chi connectivity index (χ4v) is 3.67. The van der Waals surface area contributed by atoms with Crippen molar-refractivity contribution in [3.8, 4) is 23.3 Å². The second-order valence-electron chi connectivity index (χ2n) is 6.71. The highest BCUT2D eigenvalue weighted by Gasteiger charge is 2.27. The van der Waals surface area contributed by atoms with Crippen molar-refractivity contribution >= 4 is 5.69 Å². The molecule has 1 aliphatic heterocycles. The first-order chi connectivity index (χ1) is 13.8. The molecule has 3 aromatic carbocycles. The highest BCUT2D eigenvalue weighted by Crippen LogP contribution is 2.38. The van der Waals surface area contributed by atoms with Crippen LogP contribution in [0.2, 0.25) is 0 Å². The van der Waals surface area contributed by atoms with Crippen molar-refractivity contribution in [1.29, 1.82) is 0 Å². The summed E-state index contributed by atoms with van der Waals surface area (Å²) in [5.74, 6) is 8.58. The first kappa shape index (κ1) is 18.0. The van der Waals surface area contributed by atoms with E-state index in [0.29, 0.717) is 0 Å². The van der Waals surface area contributed by atoms with Crippen LogP contribution in [0.5, 0.6) is 11.5 Å². The van der Waals surface area contributed by atoms with Crippen LogP contribution in [0.15, 0.2) is 72.8 Å². The average molecular weight is 369 g/mol. The molecule has 3 heteroatoms. The molecule has 0 aromatic heterocycles. The Morgan fingerprint density at radius 1 is 0.857 bits per heavy atom. The summed E-state index contributed by atoms with van der Waals surface area (Å²) in [6.07, 6.45) is 0.995. The largest absolute Gasteiger partial charge is 0.497 e. The lowest BCUT2D eigenvalue weighted by atomic mass is 9.92. The second-order valence-corrected chi connectivity index (χ2v) is 6.71. The summed E-state index contributed by atoms with van der Waals surface area (Å²) >= 11 is 0. The first-order valence-corrected chi connectivity index (χ1v) is 9.43. The summed E-state index contributed by atoms with van der Waals surface area (Å²) in [6.45, 7) is 0.902. The van der Waals surface area contributed by atoms with Crippen LogP contribution in [-0.4, -0.2) is 20.8 Å². The van der Waals surface area contributed by atoms with Crippen LogP contribution in [0.4, 0.5) is 5.69 Å². The van der Waals surface area contributed by atoms with Crippen molar-refractivity contribution < 1.29 is 9.47 Å². The van der Waals surface area contributed by atoms with E-state index >= 15 is 0 Å². The number of hydrogen-bond acceptors (Lipinski definition) is 3.